The fraction of sp³-hybridized carbons (Fsp3) is 0.447. The fourth-order valence-corrected chi connectivity index (χ4v) is 7.71. The summed E-state index contributed by atoms with van der Waals surface area (Å²) >= 11 is 0. The van der Waals surface area contributed by atoms with Crippen molar-refractivity contribution in [3.05, 3.63) is 90.3 Å². The SMILES string of the molecule is CC(C)C[C@H](NC(=O)[C@@H](N)[C@@H](C)O)C(=O)N[C@@H](Cc1cnc[nH]1)C(=O)N[C@@H](Cc1c[nH]c2ccccc12)C(=O)N[C@@H](Cc1c[nH]c2ccccc12)C(=O)N[C@H](C(=O)N[C@H](C(=O)O)[C@@H](C)O)C(C)C. The Hall–Kier alpha value is -7.10. The number of para-hydroxylation sites is 2. The van der Waals surface area contributed by atoms with Crippen molar-refractivity contribution >= 4 is 63.2 Å². The van der Waals surface area contributed by atoms with Gasteiger partial charge in [-0.05, 0) is 55.4 Å². The molecule has 3 heterocycles. The third-order valence-electron chi connectivity index (χ3n) is 11.5. The highest BCUT2D eigenvalue weighted by molar-refractivity contribution is 5.98. The molecule has 0 spiro atoms. The number of hydrogen-bond acceptors (Lipinski definition) is 11. The van der Waals surface area contributed by atoms with Crippen LogP contribution in [0.5, 0.6) is 0 Å². The Bertz CT molecular complexity index is 2530. The van der Waals surface area contributed by atoms with Crippen LogP contribution >= 0.6 is 0 Å². The molecule has 0 bridgehead atoms. The number of carboxylic acids is 1. The number of carbonyl (C=O) groups excluding carboxylic acids is 6. The number of hydrogen-bond donors (Lipinski definition) is 13. The van der Waals surface area contributed by atoms with Crippen molar-refractivity contribution in [2.24, 2.45) is 17.6 Å². The van der Waals surface area contributed by atoms with Crippen molar-refractivity contribution in [3.63, 3.8) is 0 Å². The number of H-pyrrole nitrogens is 3. The highest BCUT2D eigenvalue weighted by Crippen LogP contribution is 2.22. The predicted molar refractivity (Wildman–Crippen MR) is 251 cm³/mol. The van der Waals surface area contributed by atoms with Crippen LogP contribution in [0.1, 0.15) is 64.8 Å². The van der Waals surface area contributed by atoms with E-state index in [-0.39, 0.29) is 31.6 Å². The molecule has 5 aromatic rings. The zero-order chi connectivity index (χ0) is 49.8. The van der Waals surface area contributed by atoms with Gasteiger partial charge in [-0.15, -0.1) is 0 Å². The first-order valence-corrected chi connectivity index (χ1v) is 22.5. The first-order chi connectivity index (χ1) is 32.2. The summed E-state index contributed by atoms with van der Waals surface area (Å²) in [5.41, 5.74) is 9.08. The number of carboxylic acid groups (broad SMARTS) is 1. The van der Waals surface area contributed by atoms with E-state index < -0.39 is 102 Å². The van der Waals surface area contributed by atoms with E-state index in [0.29, 0.717) is 16.8 Å². The molecular weight excluding hydrogens is 879 g/mol. The molecule has 0 saturated heterocycles. The lowest BCUT2D eigenvalue weighted by Crippen LogP contribution is -2.61. The Morgan fingerprint density at radius 1 is 0.574 bits per heavy atom. The van der Waals surface area contributed by atoms with Crippen LogP contribution in [0.4, 0.5) is 0 Å². The molecule has 0 aliphatic carbocycles. The van der Waals surface area contributed by atoms with Crippen LogP contribution in [0.3, 0.4) is 0 Å². The van der Waals surface area contributed by atoms with Gasteiger partial charge in [-0.2, -0.15) is 0 Å². The second kappa shape index (κ2) is 23.6. The number of benzene rings is 2. The second-order valence-corrected chi connectivity index (χ2v) is 17.8. The smallest absolute Gasteiger partial charge is 0.328 e. The van der Waals surface area contributed by atoms with Crippen LogP contribution < -0.4 is 37.6 Å². The number of aliphatic carboxylic acids is 1. The molecule has 366 valence electrons. The number of imidazole rings is 1. The molecule has 68 heavy (non-hydrogen) atoms. The van der Waals surface area contributed by atoms with Gasteiger partial charge < -0.3 is 67.9 Å². The number of nitrogens with two attached hydrogens (primary N) is 1. The minimum atomic E-state index is -1.67. The van der Waals surface area contributed by atoms with Crippen molar-refractivity contribution in [3.8, 4) is 0 Å². The molecule has 9 atom stereocenters. The van der Waals surface area contributed by atoms with Crippen molar-refractivity contribution in [2.75, 3.05) is 0 Å². The number of aliphatic hydroxyl groups excluding tert-OH is 2. The monoisotopic (exact) mass is 941 g/mol. The Balaban J connectivity index is 1.50. The zero-order valence-corrected chi connectivity index (χ0v) is 38.8. The van der Waals surface area contributed by atoms with Crippen molar-refractivity contribution in [1.82, 2.24) is 51.8 Å². The van der Waals surface area contributed by atoms with Gasteiger partial charge in [0.05, 0.1) is 18.5 Å². The summed E-state index contributed by atoms with van der Waals surface area (Å²) in [6.45, 7) is 9.47. The molecule has 21 nitrogen and oxygen atoms in total. The van der Waals surface area contributed by atoms with Crippen LogP contribution in [-0.2, 0) is 52.8 Å². The van der Waals surface area contributed by atoms with Crippen LogP contribution in [0.15, 0.2) is 73.4 Å². The molecule has 0 fully saturated rings. The number of fused-ring (bicyclic) bond motifs is 2. The number of carbonyl (C=O) groups is 7. The van der Waals surface area contributed by atoms with E-state index in [4.69, 9.17) is 5.73 Å². The van der Waals surface area contributed by atoms with E-state index in [1.54, 1.807) is 26.2 Å². The molecule has 2 aromatic carbocycles. The Labute approximate surface area is 392 Å². The summed E-state index contributed by atoms with van der Waals surface area (Å²) in [6, 6.07) is 4.98. The van der Waals surface area contributed by atoms with Gasteiger partial charge in [-0.3, -0.25) is 28.8 Å². The van der Waals surface area contributed by atoms with E-state index in [9.17, 15) is 48.9 Å². The largest absolute Gasteiger partial charge is 0.480 e. The molecule has 0 unspecified atom stereocenters. The van der Waals surface area contributed by atoms with E-state index in [0.717, 1.165) is 21.8 Å². The van der Waals surface area contributed by atoms with Crippen LogP contribution in [-0.4, -0.2) is 131 Å². The molecular formula is C47H63N11O10. The Morgan fingerprint density at radius 2 is 1.03 bits per heavy atom. The van der Waals surface area contributed by atoms with Gasteiger partial charge >= 0.3 is 5.97 Å². The number of nitrogens with one attached hydrogen (secondary N) is 9. The number of rotatable bonds is 24. The van der Waals surface area contributed by atoms with Gasteiger partial charge in [0.1, 0.15) is 36.3 Å². The van der Waals surface area contributed by atoms with Crippen LogP contribution in [0.25, 0.3) is 21.8 Å². The van der Waals surface area contributed by atoms with Gasteiger partial charge in [0, 0.05) is 65.4 Å². The summed E-state index contributed by atoms with van der Waals surface area (Å²) in [5.74, 6) is -6.99. The summed E-state index contributed by atoms with van der Waals surface area (Å²) in [5, 5.41) is 47.1. The molecule has 6 amide bonds. The molecule has 0 saturated carbocycles. The third kappa shape index (κ3) is 13.7. The molecule has 14 N–H and O–H groups in total. The standard InChI is InChI=1S/C47H63N11O10/c1-23(2)15-34(56-45(65)38(48)25(5)59)41(61)55-37(18-29-21-49-22-52-29)43(63)53-35(16-27-19-50-32-13-9-7-11-30(27)32)42(62)54-36(17-28-20-51-33-14-10-8-12-31(28)33)44(64)57-39(24(3)4)46(66)58-40(26(6)60)47(67)68/h7-14,19-26,34-40,50-51,59-60H,15-18,48H2,1-6H3,(H,49,52)(H,53,63)(H,54,62)(H,55,61)(H,56,65)(H,57,64)(H,58,66)(H,67,68)/t25-,26-,34+,35+,36+,37+,38+,39+,40+/m1/s1. The molecule has 0 aliphatic rings. The van der Waals surface area contributed by atoms with Gasteiger partial charge in [-0.25, -0.2) is 9.78 Å². The van der Waals surface area contributed by atoms with Crippen molar-refractivity contribution in [1.29, 1.82) is 0 Å². The summed E-state index contributed by atoms with van der Waals surface area (Å²) in [6.07, 6.45) is 3.36. The van der Waals surface area contributed by atoms with Crippen molar-refractivity contribution < 1.29 is 48.9 Å². The van der Waals surface area contributed by atoms with Gasteiger partial charge in [-0.1, -0.05) is 64.1 Å². The fourth-order valence-electron chi connectivity index (χ4n) is 7.71. The van der Waals surface area contributed by atoms with Crippen LogP contribution in [0.2, 0.25) is 0 Å². The van der Waals surface area contributed by atoms with Crippen LogP contribution in [0, 0.1) is 11.8 Å². The van der Waals surface area contributed by atoms with Gasteiger partial charge in [0.15, 0.2) is 6.04 Å². The maximum atomic E-state index is 14.8. The minimum absolute atomic E-state index is 0.104. The maximum absolute atomic E-state index is 14.8. The third-order valence-corrected chi connectivity index (χ3v) is 11.5. The Kier molecular flexibility index (Phi) is 18.0. The predicted octanol–water partition coefficient (Wildman–Crippen LogP) is 0.185. The van der Waals surface area contributed by atoms with Gasteiger partial charge in [0.2, 0.25) is 35.4 Å². The molecule has 0 radical (unpaired) electrons. The molecule has 3 aromatic heterocycles. The highest BCUT2D eigenvalue weighted by atomic mass is 16.4. The zero-order valence-electron chi connectivity index (χ0n) is 38.8. The number of aromatic amines is 3. The quantitative estimate of drug-likeness (QED) is 0.0394. The number of aromatic nitrogens is 4. The number of nitrogens with zero attached hydrogens (tertiary/aromatic N) is 1. The Morgan fingerprint density at radius 3 is 1.47 bits per heavy atom. The normalized spacial score (nSPS) is 15.6. The number of amides is 6. The lowest BCUT2D eigenvalue weighted by Gasteiger charge is -2.29. The average molecular weight is 942 g/mol. The molecule has 5 rings (SSSR count). The molecule has 0 aliphatic heterocycles. The lowest BCUT2D eigenvalue weighted by atomic mass is 9.99. The highest BCUT2D eigenvalue weighted by Gasteiger charge is 2.36. The van der Waals surface area contributed by atoms with E-state index in [1.165, 1.54) is 26.4 Å². The van der Waals surface area contributed by atoms with E-state index >= 15 is 0 Å². The summed E-state index contributed by atoms with van der Waals surface area (Å²) in [4.78, 5) is 110. The first kappa shape index (κ1) is 51.9. The molecule has 21 heteroatoms. The lowest BCUT2D eigenvalue weighted by molar-refractivity contribution is -0.145. The average Bonchev–Trinajstić information content (AvgIpc) is 4.06. The topological polar surface area (TPSA) is 339 Å². The van der Waals surface area contributed by atoms with Crippen molar-refractivity contribution in [2.45, 2.75) is 122 Å². The maximum Gasteiger partial charge on any atom is 0.328 e. The minimum Gasteiger partial charge on any atom is -0.480 e. The van der Waals surface area contributed by atoms with E-state index in [1.807, 2.05) is 62.4 Å². The van der Waals surface area contributed by atoms with E-state index in [2.05, 4.69) is 51.8 Å². The number of aliphatic hydroxyl groups is 2. The summed E-state index contributed by atoms with van der Waals surface area (Å²) in [7, 11) is 0. The first-order valence-electron chi connectivity index (χ1n) is 22.5. The second-order valence-electron chi connectivity index (χ2n) is 17.8. The summed E-state index contributed by atoms with van der Waals surface area (Å²) < 4.78 is 0. The van der Waals surface area contributed by atoms with Gasteiger partial charge in [0.25, 0.3) is 0 Å².